The van der Waals surface area contributed by atoms with Crippen LogP contribution in [0.2, 0.25) is 0 Å². The van der Waals surface area contributed by atoms with Gasteiger partial charge in [0, 0.05) is 6.42 Å². The fourth-order valence-electron chi connectivity index (χ4n) is 4.52. The molecule has 4 unspecified atom stereocenters. The van der Waals surface area contributed by atoms with E-state index in [-0.39, 0.29) is 18.9 Å². The molecule has 0 aromatic carbocycles. The van der Waals surface area contributed by atoms with E-state index in [2.05, 4.69) is 19.1 Å². The molecule has 0 bridgehead atoms. The lowest BCUT2D eigenvalue weighted by Gasteiger charge is -2.19. The first kappa shape index (κ1) is 29.5. The maximum absolute atomic E-state index is 12.6. The van der Waals surface area contributed by atoms with E-state index in [0.29, 0.717) is 0 Å². The molecule has 0 aromatic heterocycles. The van der Waals surface area contributed by atoms with E-state index < -0.39 is 41.8 Å². The average Bonchev–Trinajstić information content (AvgIpc) is 3.30. The van der Waals surface area contributed by atoms with Gasteiger partial charge >= 0.3 is 11.9 Å². The highest BCUT2D eigenvalue weighted by atomic mass is 16.8. The van der Waals surface area contributed by atoms with Crippen molar-refractivity contribution in [3.63, 3.8) is 0 Å². The standard InChI is InChI=1S/C28H46O7/c1-5-6-7-8-9-10-11-12-13-14-15-16-17-18-21(2)19-23(29)33-26-24(30)25(34-27(26)31)22-20-32-28(3,4)35-22/h12-13,21-22,25-26H,5-11,14-20H2,1-4H3. The van der Waals surface area contributed by atoms with Gasteiger partial charge in [0.1, 0.15) is 6.10 Å². The van der Waals surface area contributed by atoms with Crippen molar-refractivity contribution < 1.29 is 33.3 Å². The molecule has 0 amide bonds. The van der Waals surface area contributed by atoms with Crippen molar-refractivity contribution in [1.82, 2.24) is 0 Å². The number of Topliss-reactive ketones (excluding diaryl/α,β-unsaturated/α-hetero) is 1. The molecular weight excluding hydrogens is 448 g/mol. The second-order valence-electron chi connectivity index (χ2n) is 10.5. The number of esters is 2. The maximum atomic E-state index is 12.6. The van der Waals surface area contributed by atoms with Gasteiger partial charge in [0.25, 0.3) is 6.10 Å². The summed E-state index contributed by atoms with van der Waals surface area (Å²) in [6, 6.07) is 0. The van der Waals surface area contributed by atoms with E-state index in [1.807, 2.05) is 6.92 Å². The van der Waals surface area contributed by atoms with Crippen molar-refractivity contribution in [1.29, 1.82) is 0 Å². The molecule has 7 nitrogen and oxygen atoms in total. The van der Waals surface area contributed by atoms with Crippen LogP contribution >= 0.6 is 0 Å². The molecule has 2 aliphatic rings. The Labute approximate surface area is 211 Å². The predicted octanol–water partition coefficient (Wildman–Crippen LogP) is 5.83. The summed E-state index contributed by atoms with van der Waals surface area (Å²) in [7, 11) is 0. The first-order valence-corrected chi connectivity index (χ1v) is 13.6. The monoisotopic (exact) mass is 494 g/mol. The number of rotatable bonds is 17. The van der Waals surface area contributed by atoms with E-state index >= 15 is 0 Å². The zero-order valence-electron chi connectivity index (χ0n) is 22.2. The maximum Gasteiger partial charge on any atom is 0.356 e. The third-order valence-electron chi connectivity index (χ3n) is 6.59. The average molecular weight is 495 g/mol. The Balaban J connectivity index is 1.53. The van der Waals surface area contributed by atoms with E-state index in [0.717, 1.165) is 32.1 Å². The Kier molecular flexibility index (Phi) is 13.0. The number of allylic oxidation sites excluding steroid dienone is 2. The predicted molar refractivity (Wildman–Crippen MR) is 134 cm³/mol. The molecular formula is C28H46O7. The molecule has 0 aliphatic carbocycles. The van der Waals surface area contributed by atoms with Gasteiger partial charge in [-0.15, -0.1) is 0 Å². The van der Waals surface area contributed by atoms with Gasteiger partial charge in [-0.1, -0.05) is 77.4 Å². The molecule has 2 fully saturated rings. The summed E-state index contributed by atoms with van der Waals surface area (Å²) < 4.78 is 21.4. The highest BCUT2D eigenvalue weighted by Crippen LogP contribution is 2.29. The van der Waals surface area contributed by atoms with Crippen molar-refractivity contribution in [3.8, 4) is 0 Å². The lowest BCUT2D eigenvalue weighted by atomic mass is 9.99. The number of ketones is 1. The molecule has 0 radical (unpaired) electrons. The van der Waals surface area contributed by atoms with Gasteiger partial charge in [0.05, 0.1) is 6.61 Å². The second kappa shape index (κ2) is 15.4. The molecule has 0 saturated carbocycles. The fraction of sp³-hybridized carbons (Fsp3) is 0.821. The van der Waals surface area contributed by atoms with Gasteiger partial charge in [-0.05, 0) is 45.4 Å². The summed E-state index contributed by atoms with van der Waals surface area (Å²) in [4.78, 5) is 37.0. The van der Waals surface area contributed by atoms with Crippen LogP contribution in [-0.2, 0) is 33.3 Å². The Hall–Kier alpha value is -1.73. The summed E-state index contributed by atoms with van der Waals surface area (Å²) in [5.41, 5.74) is 0. The molecule has 7 heteroatoms. The number of hydrogen-bond donors (Lipinski definition) is 0. The summed E-state index contributed by atoms with van der Waals surface area (Å²) in [6.07, 6.45) is 16.0. The van der Waals surface area contributed by atoms with Gasteiger partial charge in [-0.2, -0.15) is 0 Å². The van der Waals surface area contributed by atoms with Crippen LogP contribution in [0.3, 0.4) is 0 Å². The van der Waals surface area contributed by atoms with Crippen molar-refractivity contribution in [2.75, 3.05) is 6.61 Å². The van der Waals surface area contributed by atoms with Crippen LogP contribution in [0.1, 0.15) is 111 Å². The SMILES string of the molecule is CCCCCCCCC=CCCCCCC(C)CC(=O)OC1C(=O)OC(C2COC(C)(C)O2)C1=O. The van der Waals surface area contributed by atoms with E-state index in [4.69, 9.17) is 18.9 Å². The summed E-state index contributed by atoms with van der Waals surface area (Å²) >= 11 is 0. The largest absolute Gasteiger partial charge is 0.448 e. The molecule has 0 aromatic rings. The topological polar surface area (TPSA) is 88.1 Å². The molecule has 0 spiro atoms. The molecule has 0 N–H and O–H groups in total. The quantitative estimate of drug-likeness (QED) is 0.109. The Morgan fingerprint density at radius 3 is 2.29 bits per heavy atom. The number of unbranched alkanes of at least 4 members (excludes halogenated alkanes) is 9. The minimum Gasteiger partial charge on any atom is -0.448 e. The van der Waals surface area contributed by atoms with Crippen LogP contribution < -0.4 is 0 Å². The van der Waals surface area contributed by atoms with E-state index in [1.54, 1.807) is 13.8 Å². The zero-order valence-corrected chi connectivity index (χ0v) is 22.2. The van der Waals surface area contributed by atoms with Crippen molar-refractivity contribution >= 4 is 17.7 Å². The molecule has 2 heterocycles. The summed E-state index contributed by atoms with van der Waals surface area (Å²) in [6.45, 7) is 7.83. The molecule has 2 saturated heterocycles. The van der Waals surface area contributed by atoms with Gasteiger partial charge in [-0.3, -0.25) is 9.59 Å². The van der Waals surface area contributed by atoms with Crippen molar-refractivity contribution in [2.24, 2.45) is 5.92 Å². The molecule has 200 valence electrons. The number of cyclic esters (lactones) is 1. The molecule has 2 aliphatic heterocycles. The number of ether oxygens (including phenoxy) is 4. The zero-order chi connectivity index (χ0) is 25.7. The highest BCUT2D eigenvalue weighted by molar-refractivity contribution is 6.10. The fourth-order valence-corrected chi connectivity index (χ4v) is 4.52. The number of carbonyl (C=O) groups excluding carboxylic acids is 3. The number of carbonyl (C=O) groups is 3. The van der Waals surface area contributed by atoms with E-state index in [1.165, 1.54) is 44.9 Å². The normalized spacial score (nSPS) is 24.7. The molecule has 35 heavy (non-hydrogen) atoms. The Morgan fingerprint density at radius 1 is 1.03 bits per heavy atom. The second-order valence-corrected chi connectivity index (χ2v) is 10.5. The van der Waals surface area contributed by atoms with Crippen LogP contribution in [0, 0.1) is 5.92 Å². The lowest BCUT2D eigenvalue weighted by molar-refractivity contribution is -0.166. The van der Waals surface area contributed by atoms with E-state index in [9.17, 15) is 14.4 Å². The smallest absolute Gasteiger partial charge is 0.356 e. The van der Waals surface area contributed by atoms with Crippen LogP contribution in [0.5, 0.6) is 0 Å². The number of hydrogen-bond acceptors (Lipinski definition) is 7. The van der Waals surface area contributed by atoms with Crippen LogP contribution in [0.15, 0.2) is 12.2 Å². The Morgan fingerprint density at radius 2 is 1.66 bits per heavy atom. The van der Waals surface area contributed by atoms with Crippen LogP contribution in [-0.4, -0.2) is 48.4 Å². The molecule has 4 atom stereocenters. The third-order valence-corrected chi connectivity index (χ3v) is 6.59. The van der Waals surface area contributed by atoms with Gasteiger partial charge in [0.2, 0.25) is 5.78 Å². The van der Waals surface area contributed by atoms with Gasteiger partial charge in [0.15, 0.2) is 11.9 Å². The Bertz CT molecular complexity index is 699. The first-order chi connectivity index (χ1) is 16.7. The minimum absolute atomic E-state index is 0.126. The summed E-state index contributed by atoms with van der Waals surface area (Å²) in [5.74, 6) is -2.67. The third kappa shape index (κ3) is 10.8. The van der Waals surface area contributed by atoms with Crippen molar-refractivity contribution in [2.45, 2.75) is 135 Å². The van der Waals surface area contributed by atoms with Crippen LogP contribution in [0.4, 0.5) is 0 Å². The van der Waals surface area contributed by atoms with Crippen molar-refractivity contribution in [3.05, 3.63) is 12.2 Å². The van der Waals surface area contributed by atoms with Gasteiger partial charge < -0.3 is 18.9 Å². The highest BCUT2D eigenvalue weighted by Gasteiger charge is 2.53. The summed E-state index contributed by atoms with van der Waals surface area (Å²) in [5, 5.41) is 0. The van der Waals surface area contributed by atoms with Gasteiger partial charge in [-0.25, -0.2) is 4.79 Å². The minimum atomic E-state index is -1.50. The first-order valence-electron chi connectivity index (χ1n) is 13.6. The molecule has 2 rings (SSSR count). The van der Waals surface area contributed by atoms with Crippen LogP contribution in [0.25, 0.3) is 0 Å². The lowest BCUT2D eigenvalue weighted by Crippen LogP contribution is -2.38.